The summed E-state index contributed by atoms with van der Waals surface area (Å²) in [5.41, 5.74) is 5.50. The summed E-state index contributed by atoms with van der Waals surface area (Å²) >= 11 is 0.816. The van der Waals surface area contributed by atoms with Crippen molar-refractivity contribution in [2.45, 2.75) is 32.8 Å². The number of hydrogen-bond donors (Lipinski definition) is 3. The van der Waals surface area contributed by atoms with Crippen LogP contribution in [-0.2, 0) is 13.0 Å². The molecule has 0 radical (unpaired) electrons. The van der Waals surface area contributed by atoms with Gasteiger partial charge in [-0.3, -0.25) is 10.1 Å². The fourth-order valence-corrected chi connectivity index (χ4v) is 3.28. The number of carbonyl (C=O) groups is 2. The fourth-order valence-electron chi connectivity index (χ4n) is 2.54. The lowest BCUT2D eigenvalue weighted by molar-refractivity contribution is 0.0996. The standard InChI is InChI=1S/C18H20F2N4O3S/c1-2-10-5-6-11(14(20)13(10)19)8-27-16-12(15(21)25)17(28-24-16)23-18(26)22-7-9-3-4-9/h5-6,9H,2-4,7-8H2,1H3,(H2,21,25)(H2,22,23,26). The zero-order valence-corrected chi connectivity index (χ0v) is 16.0. The Morgan fingerprint density at radius 2 is 1.96 bits per heavy atom. The summed E-state index contributed by atoms with van der Waals surface area (Å²) in [6, 6.07) is 2.41. The van der Waals surface area contributed by atoms with Gasteiger partial charge in [-0.15, -0.1) is 0 Å². The van der Waals surface area contributed by atoms with Crippen LogP contribution in [0.5, 0.6) is 5.88 Å². The van der Waals surface area contributed by atoms with Crippen LogP contribution in [-0.4, -0.2) is 22.9 Å². The van der Waals surface area contributed by atoms with Crippen LogP contribution < -0.4 is 21.1 Å². The molecule has 0 atom stereocenters. The van der Waals surface area contributed by atoms with Gasteiger partial charge in [-0.2, -0.15) is 4.37 Å². The smallest absolute Gasteiger partial charge is 0.319 e. The highest BCUT2D eigenvalue weighted by atomic mass is 32.1. The first-order chi connectivity index (χ1) is 13.4. The first kappa shape index (κ1) is 20.0. The number of rotatable bonds is 8. The number of nitrogens with two attached hydrogens (primary N) is 1. The van der Waals surface area contributed by atoms with Gasteiger partial charge in [0.25, 0.3) is 5.91 Å². The summed E-state index contributed by atoms with van der Waals surface area (Å²) < 4.78 is 37.4. The first-order valence-corrected chi connectivity index (χ1v) is 9.60. The number of nitrogens with one attached hydrogen (secondary N) is 2. The van der Waals surface area contributed by atoms with Crippen molar-refractivity contribution in [2.24, 2.45) is 11.7 Å². The molecule has 3 rings (SSSR count). The summed E-state index contributed by atoms with van der Waals surface area (Å²) in [6.07, 6.45) is 2.53. The Labute approximate surface area is 164 Å². The molecular formula is C18H20F2N4O3S. The third kappa shape index (κ3) is 4.56. The number of anilines is 1. The molecular weight excluding hydrogens is 390 g/mol. The van der Waals surface area contributed by atoms with Gasteiger partial charge in [-0.1, -0.05) is 19.1 Å². The summed E-state index contributed by atoms with van der Waals surface area (Å²) in [6.45, 7) is 1.93. The predicted octanol–water partition coefficient (Wildman–Crippen LogP) is 3.19. The molecule has 2 aromatic rings. The minimum atomic E-state index is -1.01. The van der Waals surface area contributed by atoms with Crippen molar-refractivity contribution in [1.29, 1.82) is 0 Å². The molecule has 28 heavy (non-hydrogen) atoms. The highest BCUT2D eigenvalue weighted by molar-refractivity contribution is 7.11. The van der Waals surface area contributed by atoms with Crippen LogP contribution in [0.15, 0.2) is 12.1 Å². The Bertz CT molecular complexity index is 899. The van der Waals surface area contributed by atoms with Gasteiger partial charge in [0.05, 0.1) is 0 Å². The van der Waals surface area contributed by atoms with Gasteiger partial charge in [0, 0.05) is 12.1 Å². The second-order valence-electron chi connectivity index (χ2n) is 6.49. The average molecular weight is 410 g/mol. The third-order valence-corrected chi connectivity index (χ3v) is 5.12. The van der Waals surface area contributed by atoms with Gasteiger partial charge in [0.15, 0.2) is 11.6 Å². The van der Waals surface area contributed by atoms with E-state index in [4.69, 9.17) is 10.5 Å². The Balaban J connectivity index is 1.70. The van der Waals surface area contributed by atoms with Crippen LogP contribution in [0, 0.1) is 17.6 Å². The number of primary amides is 1. The van der Waals surface area contributed by atoms with E-state index in [-0.39, 0.29) is 34.2 Å². The molecule has 3 amide bonds. The number of aromatic nitrogens is 1. The van der Waals surface area contributed by atoms with Gasteiger partial charge in [-0.25, -0.2) is 13.6 Å². The van der Waals surface area contributed by atoms with Crippen molar-refractivity contribution in [3.8, 4) is 5.88 Å². The molecule has 10 heteroatoms. The van der Waals surface area contributed by atoms with Gasteiger partial charge in [-0.05, 0) is 42.3 Å². The van der Waals surface area contributed by atoms with Gasteiger partial charge in [0.1, 0.15) is 17.2 Å². The maximum absolute atomic E-state index is 14.1. The number of aryl methyl sites for hydroxylation is 1. The Kier molecular flexibility index (Phi) is 6.08. The summed E-state index contributed by atoms with van der Waals surface area (Å²) in [5.74, 6) is -2.43. The molecule has 1 aromatic carbocycles. The minimum absolute atomic E-state index is 0.0187. The van der Waals surface area contributed by atoms with Crippen LogP contribution in [0.3, 0.4) is 0 Å². The van der Waals surface area contributed by atoms with E-state index in [1.165, 1.54) is 12.1 Å². The van der Waals surface area contributed by atoms with E-state index in [2.05, 4.69) is 15.0 Å². The zero-order valence-electron chi connectivity index (χ0n) is 15.2. The lowest BCUT2D eigenvalue weighted by atomic mass is 10.1. The minimum Gasteiger partial charge on any atom is -0.471 e. The third-order valence-electron chi connectivity index (χ3n) is 4.37. The van der Waals surface area contributed by atoms with Gasteiger partial charge in [0.2, 0.25) is 5.88 Å². The largest absolute Gasteiger partial charge is 0.471 e. The number of nitrogens with zero attached hydrogens (tertiary/aromatic N) is 1. The fraction of sp³-hybridized carbons (Fsp3) is 0.389. The molecule has 0 spiro atoms. The van der Waals surface area contributed by atoms with Crippen LogP contribution in [0.4, 0.5) is 18.6 Å². The Hall–Kier alpha value is -2.75. The van der Waals surface area contributed by atoms with E-state index in [0.717, 1.165) is 24.4 Å². The van der Waals surface area contributed by atoms with Crippen molar-refractivity contribution >= 4 is 28.5 Å². The molecule has 1 heterocycles. The molecule has 1 aliphatic carbocycles. The van der Waals surface area contributed by atoms with Gasteiger partial charge < -0.3 is 15.8 Å². The first-order valence-electron chi connectivity index (χ1n) is 8.83. The van der Waals surface area contributed by atoms with E-state index in [1.807, 2.05) is 0 Å². The number of benzene rings is 1. The molecule has 1 aromatic heterocycles. The lowest BCUT2D eigenvalue weighted by Crippen LogP contribution is -2.30. The number of halogens is 2. The highest BCUT2D eigenvalue weighted by Crippen LogP contribution is 2.31. The van der Waals surface area contributed by atoms with Crippen LogP contribution >= 0.6 is 11.5 Å². The monoisotopic (exact) mass is 410 g/mol. The highest BCUT2D eigenvalue weighted by Gasteiger charge is 2.24. The van der Waals surface area contributed by atoms with Crippen molar-refractivity contribution in [3.63, 3.8) is 0 Å². The zero-order chi connectivity index (χ0) is 20.3. The number of hydrogen-bond acceptors (Lipinski definition) is 5. The Morgan fingerprint density at radius 1 is 1.29 bits per heavy atom. The second-order valence-corrected chi connectivity index (χ2v) is 7.26. The molecule has 0 bridgehead atoms. The molecule has 7 nitrogen and oxygen atoms in total. The molecule has 150 valence electrons. The average Bonchev–Trinajstić information content (AvgIpc) is 3.41. The predicted molar refractivity (Wildman–Crippen MR) is 100 cm³/mol. The van der Waals surface area contributed by atoms with Crippen LogP contribution in [0.1, 0.15) is 41.3 Å². The second kappa shape index (κ2) is 8.51. The number of ether oxygens (including phenoxy) is 1. The van der Waals surface area contributed by atoms with Crippen molar-refractivity contribution in [1.82, 2.24) is 9.69 Å². The molecule has 0 saturated heterocycles. The SMILES string of the molecule is CCc1ccc(COc2nsc(NC(=O)NCC3CC3)c2C(N)=O)c(F)c1F. The van der Waals surface area contributed by atoms with Crippen molar-refractivity contribution < 1.29 is 23.1 Å². The lowest BCUT2D eigenvalue weighted by Gasteiger charge is -2.09. The normalized spacial score (nSPS) is 13.2. The van der Waals surface area contributed by atoms with Crippen LogP contribution in [0.2, 0.25) is 0 Å². The van der Waals surface area contributed by atoms with Crippen LogP contribution in [0.25, 0.3) is 0 Å². The van der Waals surface area contributed by atoms with Gasteiger partial charge >= 0.3 is 6.03 Å². The molecule has 0 unspecified atom stereocenters. The quantitative estimate of drug-likeness (QED) is 0.621. The topological polar surface area (TPSA) is 106 Å². The van der Waals surface area contributed by atoms with E-state index >= 15 is 0 Å². The molecule has 1 saturated carbocycles. The molecule has 1 fully saturated rings. The maximum Gasteiger partial charge on any atom is 0.319 e. The van der Waals surface area contributed by atoms with Crippen molar-refractivity contribution in [2.75, 3.05) is 11.9 Å². The summed E-state index contributed by atoms with van der Waals surface area (Å²) in [5, 5.41) is 5.34. The summed E-state index contributed by atoms with van der Waals surface area (Å²) in [4.78, 5) is 23.7. The number of amides is 3. The Morgan fingerprint density at radius 3 is 2.61 bits per heavy atom. The van der Waals surface area contributed by atoms with E-state index in [1.54, 1.807) is 6.92 Å². The molecule has 0 aliphatic heterocycles. The van der Waals surface area contributed by atoms with Crippen molar-refractivity contribution in [3.05, 3.63) is 40.5 Å². The maximum atomic E-state index is 14.1. The van der Waals surface area contributed by atoms with E-state index in [9.17, 15) is 18.4 Å². The van der Waals surface area contributed by atoms with E-state index < -0.39 is 23.6 Å². The number of urea groups is 1. The number of carbonyl (C=O) groups excluding carboxylic acids is 2. The summed E-state index contributed by atoms with van der Waals surface area (Å²) in [7, 11) is 0. The molecule has 1 aliphatic rings. The van der Waals surface area contributed by atoms with E-state index in [0.29, 0.717) is 18.9 Å². The molecule has 4 N–H and O–H groups in total.